The lowest BCUT2D eigenvalue weighted by Crippen LogP contribution is -2.36. The lowest BCUT2D eigenvalue weighted by molar-refractivity contribution is -0.119. The fraction of sp³-hybridized carbons (Fsp3) is 0.458. The molecule has 1 atom stereocenters. The van der Waals surface area contributed by atoms with Gasteiger partial charge in [0.25, 0.3) is 0 Å². The van der Waals surface area contributed by atoms with E-state index >= 15 is 0 Å². The van der Waals surface area contributed by atoms with E-state index in [9.17, 15) is 9.59 Å². The summed E-state index contributed by atoms with van der Waals surface area (Å²) in [5.41, 5.74) is 3.78. The third-order valence-electron chi connectivity index (χ3n) is 4.77. The Morgan fingerprint density at radius 2 is 1.94 bits per heavy atom. The molecule has 3 rings (SSSR count). The van der Waals surface area contributed by atoms with Gasteiger partial charge in [-0.3, -0.25) is 4.79 Å². The first-order valence-corrected chi connectivity index (χ1v) is 14.1. The summed E-state index contributed by atoms with van der Waals surface area (Å²) in [6, 6.07) is 7.89. The molecule has 2 amide bonds. The van der Waals surface area contributed by atoms with Crippen LogP contribution in [0.3, 0.4) is 0 Å². The van der Waals surface area contributed by atoms with Crippen LogP contribution in [0.5, 0.6) is 0 Å². The van der Waals surface area contributed by atoms with Crippen molar-refractivity contribution in [2.45, 2.75) is 52.4 Å². The summed E-state index contributed by atoms with van der Waals surface area (Å²) < 4.78 is 5.40. The number of aromatic nitrogens is 1. The fourth-order valence-electron chi connectivity index (χ4n) is 3.24. The molecule has 1 aliphatic heterocycles. The molecule has 0 saturated carbocycles. The minimum absolute atomic E-state index is 0.132. The van der Waals surface area contributed by atoms with Crippen molar-refractivity contribution in [1.82, 2.24) is 9.88 Å². The first-order valence-electron chi connectivity index (χ1n) is 10.6. The van der Waals surface area contributed by atoms with Crippen molar-refractivity contribution in [3.05, 3.63) is 36.0 Å². The maximum atomic E-state index is 12.7. The van der Waals surface area contributed by atoms with Crippen LogP contribution >= 0.6 is 0 Å². The zero-order valence-corrected chi connectivity index (χ0v) is 20.2. The van der Waals surface area contributed by atoms with Crippen LogP contribution in [0, 0.1) is 17.4 Å². The van der Waals surface area contributed by atoms with Gasteiger partial charge in [0.1, 0.15) is 19.5 Å². The summed E-state index contributed by atoms with van der Waals surface area (Å²) in [6.45, 7) is 13.0. The number of nitrogens with one attached hydrogen (secondary N) is 1. The number of nitrogens with zero attached hydrogens (tertiary/aromatic N) is 2. The number of carbonyl (C=O) groups excluding carboxylic acids is 2. The number of pyridine rings is 1. The predicted molar refractivity (Wildman–Crippen MR) is 127 cm³/mol. The van der Waals surface area contributed by atoms with Crippen LogP contribution in [-0.4, -0.2) is 48.6 Å². The first kappa shape index (κ1) is 22.8. The number of hydrogen-bond acceptors (Lipinski definition) is 4. The highest BCUT2D eigenvalue weighted by molar-refractivity contribution is 6.83. The van der Waals surface area contributed by atoms with Crippen LogP contribution in [0.2, 0.25) is 19.6 Å². The molecular formula is C24H31N3O3Si. The maximum absolute atomic E-state index is 12.7. The van der Waals surface area contributed by atoms with E-state index in [1.54, 1.807) is 11.1 Å². The Bertz CT molecular complexity index is 1060. The normalized spacial score (nSPS) is 16.6. The summed E-state index contributed by atoms with van der Waals surface area (Å²) >= 11 is 0. The molecule has 1 aliphatic rings. The molecule has 0 bridgehead atoms. The van der Waals surface area contributed by atoms with Crippen molar-refractivity contribution in [1.29, 1.82) is 0 Å². The van der Waals surface area contributed by atoms with Gasteiger partial charge in [-0.25, -0.2) is 9.78 Å². The van der Waals surface area contributed by atoms with Gasteiger partial charge < -0.3 is 15.0 Å². The first-order chi connectivity index (χ1) is 14.4. The molecule has 6 nitrogen and oxygen atoms in total. The zero-order chi connectivity index (χ0) is 22.8. The van der Waals surface area contributed by atoms with Gasteiger partial charge in [0.2, 0.25) is 5.91 Å². The van der Waals surface area contributed by atoms with Crippen LogP contribution < -0.4 is 5.32 Å². The van der Waals surface area contributed by atoms with E-state index in [0.29, 0.717) is 25.3 Å². The standard InChI is InChI=1S/C24H31N3O3Si/c1-24(2,3)30-23(29)27-11-9-19(16-27)22(28)26-21-14-20-13-17(10-12-31(4,5)6)7-8-18(20)15-25-21/h7-8,13-15,19H,9,11,16H2,1-6H3,(H,25,26,28)/t19-/m0/s1. The summed E-state index contributed by atoms with van der Waals surface area (Å²) in [7, 11) is -1.45. The quantitative estimate of drug-likeness (QED) is 0.548. The minimum Gasteiger partial charge on any atom is -0.444 e. The van der Waals surface area contributed by atoms with Gasteiger partial charge in [-0.1, -0.05) is 31.6 Å². The Morgan fingerprint density at radius 3 is 2.61 bits per heavy atom. The van der Waals surface area contributed by atoms with Crippen molar-refractivity contribution in [3.63, 3.8) is 0 Å². The van der Waals surface area contributed by atoms with Crippen LogP contribution in [0.1, 0.15) is 32.8 Å². The number of amides is 2. The Balaban J connectivity index is 1.68. The Morgan fingerprint density at radius 1 is 1.19 bits per heavy atom. The van der Waals surface area contributed by atoms with E-state index in [-0.39, 0.29) is 17.9 Å². The molecule has 1 saturated heterocycles. The van der Waals surface area contributed by atoms with Gasteiger partial charge in [-0.15, -0.1) is 5.54 Å². The molecule has 1 fully saturated rings. The van der Waals surface area contributed by atoms with Crippen molar-refractivity contribution < 1.29 is 14.3 Å². The summed E-state index contributed by atoms with van der Waals surface area (Å²) in [5.74, 6) is 3.36. The second-order valence-corrected chi connectivity index (χ2v) is 14.8. The molecule has 1 aromatic carbocycles. The van der Waals surface area contributed by atoms with Gasteiger partial charge in [-0.05, 0) is 50.8 Å². The molecule has 0 aliphatic carbocycles. The molecule has 1 N–H and O–H groups in total. The predicted octanol–water partition coefficient (Wildman–Crippen LogP) is 4.66. The summed E-state index contributed by atoms with van der Waals surface area (Å²) in [4.78, 5) is 30.9. The topological polar surface area (TPSA) is 71.5 Å². The van der Waals surface area contributed by atoms with Gasteiger partial charge in [0.15, 0.2) is 0 Å². The lowest BCUT2D eigenvalue weighted by atomic mass is 10.1. The molecule has 2 heterocycles. The second kappa shape index (κ2) is 8.72. The highest BCUT2D eigenvalue weighted by Crippen LogP contribution is 2.22. The van der Waals surface area contributed by atoms with Gasteiger partial charge in [-0.2, -0.15) is 0 Å². The number of anilines is 1. The van der Waals surface area contributed by atoms with E-state index < -0.39 is 13.7 Å². The van der Waals surface area contributed by atoms with E-state index in [2.05, 4.69) is 41.4 Å². The Hall–Kier alpha value is -2.85. The fourth-order valence-corrected chi connectivity index (χ4v) is 3.76. The lowest BCUT2D eigenvalue weighted by Gasteiger charge is -2.24. The number of rotatable bonds is 2. The minimum atomic E-state index is -1.45. The zero-order valence-electron chi connectivity index (χ0n) is 19.2. The van der Waals surface area contributed by atoms with Gasteiger partial charge in [0, 0.05) is 30.2 Å². The SMILES string of the molecule is CC(C)(C)OC(=O)N1CC[C@H](C(=O)Nc2cc3cc(C#C[Si](C)(C)C)ccc3cn2)C1. The molecular weight excluding hydrogens is 406 g/mol. The van der Waals surface area contributed by atoms with E-state index in [1.165, 1.54) is 0 Å². The molecule has 164 valence electrons. The molecule has 1 aromatic heterocycles. The van der Waals surface area contributed by atoms with E-state index in [1.807, 2.05) is 45.0 Å². The third kappa shape index (κ3) is 6.56. The van der Waals surface area contributed by atoms with Crippen LogP contribution in [0.15, 0.2) is 30.5 Å². The van der Waals surface area contributed by atoms with Crippen molar-refractivity contribution in [3.8, 4) is 11.5 Å². The number of carbonyl (C=O) groups is 2. The number of benzene rings is 1. The van der Waals surface area contributed by atoms with Crippen molar-refractivity contribution >= 4 is 36.7 Å². The molecule has 7 heteroatoms. The second-order valence-electron chi connectivity index (χ2n) is 10.0. The average Bonchev–Trinajstić information content (AvgIpc) is 3.15. The number of ether oxygens (including phenoxy) is 1. The van der Waals surface area contributed by atoms with Crippen molar-refractivity contribution in [2.24, 2.45) is 5.92 Å². The summed E-state index contributed by atoms with van der Waals surface area (Å²) in [5, 5.41) is 4.88. The Kier molecular flexibility index (Phi) is 6.42. The van der Waals surface area contributed by atoms with Gasteiger partial charge >= 0.3 is 6.09 Å². The third-order valence-corrected chi connectivity index (χ3v) is 5.64. The number of fused-ring (bicyclic) bond motifs is 1. The molecule has 31 heavy (non-hydrogen) atoms. The monoisotopic (exact) mass is 437 g/mol. The maximum Gasteiger partial charge on any atom is 0.410 e. The highest BCUT2D eigenvalue weighted by Gasteiger charge is 2.33. The van der Waals surface area contributed by atoms with Gasteiger partial charge in [0.05, 0.1) is 5.92 Å². The van der Waals surface area contributed by atoms with Crippen molar-refractivity contribution in [2.75, 3.05) is 18.4 Å². The molecule has 0 radical (unpaired) electrons. The van der Waals surface area contributed by atoms with Crippen LogP contribution in [-0.2, 0) is 9.53 Å². The average molecular weight is 438 g/mol. The number of hydrogen-bond donors (Lipinski definition) is 1. The van der Waals surface area contributed by atoms with E-state index in [0.717, 1.165) is 16.3 Å². The smallest absolute Gasteiger partial charge is 0.410 e. The molecule has 2 aromatic rings. The molecule has 0 unspecified atom stereocenters. The van der Waals surface area contributed by atoms with E-state index in [4.69, 9.17) is 4.74 Å². The van der Waals surface area contributed by atoms with Crippen LogP contribution in [0.25, 0.3) is 10.8 Å². The molecule has 0 spiro atoms. The largest absolute Gasteiger partial charge is 0.444 e. The Labute approximate surface area is 185 Å². The number of likely N-dealkylation sites (tertiary alicyclic amines) is 1. The van der Waals surface area contributed by atoms with Crippen LogP contribution in [0.4, 0.5) is 10.6 Å². The highest BCUT2D eigenvalue weighted by atomic mass is 28.3. The summed E-state index contributed by atoms with van der Waals surface area (Å²) in [6.07, 6.45) is 1.98.